The maximum Gasteiger partial charge on any atom is 0.357 e. The second-order valence-electron chi connectivity index (χ2n) is 4.79. The van der Waals surface area contributed by atoms with Crippen LogP contribution in [0.15, 0.2) is 57.7 Å². The fourth-order valence-corrected chi connectivity index (χ4v) is 2.64. The number of anilines is 1. The molecule has 0 atom stereocenters. The van der Waals surface area contributed by atoms with Gasteiger partial charge in [-0.05, 0) is 0 Å². The highest BCUT2D eigenvalue weighted by Crippen LogP contribution is 2.30. The maximum absolute atomic E-state index is 12.2. The second-order valence-corrected chi connectivity index (χ2v) is 5.94. The average Bonchev–Trinajstić information content (AvgIpc) is 2.45. The third-order valence-electron chi connectivity index (χ3n) is 3.11. The van der Waals surface area contributed by atoms with Crippen LogP contribution in [0.4, 0.5) is 5.69 Å². The molecule has 0 bridgehead atoms. The van der Waals surface area contributed by atoms with E-state index >= 15 is 0 Å². The number of phenolic OH excluding ortho intramolecular Hbond substituents is 1. The van der Waals surface area contributed by atoms with Gasteiger partial charge in [-0.1, -0.05) is 30.3 Å². The Bertz CT molecular complexity index is 1040. The zero-order chi connectivity index (χ0) is 16.6. The second kappa shape index (κ2) is 5.41. The lowest BCUT2D eigenvalue weighted by atomic mass is 10.1. The molecule has 0 saturated carbocycles. The van der Waals surface area contributed by atoms with E-state index in [1.54, 1.807) is 29.0 Å². The fraction of sp³-hybridized carbons (Fsp3) is 0. The minimum Gasteiger partial charge on any atom is -0.507 e. The molecule has 0 saturated heterocycles. The van der Waals surface area contributed by atoms with Crippen LogP contribution >= 0.6 is 0 Å². The van der Waals surface area contributed by atoms with Crippen LogP contribution in [-0.2, 0) is 10.3 Å². The van der Waals surface area contributed by atoms with Crippen molar-refractivity contribution in [3.8, 4) is 17.1 Å². The molecule has 3 N–H and O–H groups in total. The van der Waals surface area contributed by atoms with Gasteiger partial charge in [-0.15, -0.1) is 0 Å². The molecule has 7 nitrogen and oxygen atoms in total. The maximum atomic E-state index is 12.2. The topological polar surface area (TPSA) is 117 Å². The summed E-state index contributed by atoms with van der Waals surface area (Å²) in [6.07, 6.45) is 0. The van der Waals surface area contributed by atoms with Crippen LogP contribution < -0.4 is 10.2 Å². The number of hydrogen-bond acceptors (Lipinski definition) is 5. The monoisotopic (exact) mass is 333 g/mol. The van der Waals surface area contributed by atoms with Gasteiger partial charge >= 0.3 is 10.3 Å². The minimum absolute atomic E-state index is 0.0116. The summed E-state index contributed by atoms with van der Waals surface area (Å²) >= 11 is 0. The van der Waals surface area contributed by atoms with Gasteiger partial charge in [-0.3, -0.25) is 14.1 Å². The Labute approximate surface area is 130 Å². The molecule has 8 heteroatoms. The number of hydrogen-bond donors (Lipinski definition) is 3. The fourth-order valence-electron chi connectivity index (χ4n) is 2.22. The molecule has 118 valence electrons. The minimum atomic E-state index is -4.52. The molecule has 0 aliphatic carbocycles. The van der Waals surface area contributed by atoms with E-state index in [2.05, 4.69) is 0 Å². The summed E-state index contributed by atoms with van der Waals surface area (Å²) in [6.45, 7) is 0. The van der Waals surface area contributed by atoms with Crippen LogP contribution in [0, 0.1) is 0 Å². The first-order valence-corrected chi connectivity index (χ1v) is 7.89. The van der Waals surface area contributed by atoms with Gasteiger partial charge < -0.3 is 9.52 Å². The quantitative estimate of drug-likeness (QED) is 0.634. The number of rotatable bonds is 3. The molecule has 0 fully saturated rings. The molecule has 23 heavy (non-hydrogen) atoms. The smallest absolute Gasteiger partial charge is 0.357 e. The lowest BCUT2D eigenvalue weighted by Crippen LogP contribution is -2.10. The van der Waals surface area contributed by atoms with Crippen LogP contribution in [0.2, 0.25) is 0 Å². The molecule has 1 aromatic heterocycles. The summed E-state index contributed by atoms with van der Waals surface area (Å²) in [4.78, 5) is 12.2. The Morgan fingerprint density at radius 2 is 1.74 bits per heavy atom. The number of benzene rings is 2. The summed E-state index contributed by atoms with van der Waals surface area (Å²) in [5, 5.41) is 9.84. The van der Waals surface area contributed by atoms with E-state index in [1.165, 1.54) is 12.1 Å². The summed E-state index contributed by atoms with van der Waals surface area (Å²) < 4.78 is 37.9. The van der Waals surface area contributed by atoms with Gasteiger partial charge in [-0.2, -0.15) is 8.42 Å². The molecule has 0 unspecified atom stereocenters. The molecule has 3 rings (SSSR count). The molecular formula is C15H11NO6S. The van der Waals surface area contributed by atoms with Gasteiger partial charge in [-0.25, -0.2) is 0 Å². The van der Waals surface area contributed by atoms with E-state index in [4.69, 9.17) is 8.97 Å². The first kappa shape index (κ1) is 15.1. The lowest BCUT2D eigenvalue weighted by Gasteiger charge is -2.07. The first-order chi connectivity index (χ1) is 10.8. The average molecular weight is 333 g/mol. The molecule has 2 aromatic carbocycles. The Balaban J connectivity index is 2.24. The van der Waals surface area contributed by atoms with Crippen LogP contribution in [0.1, 0.15) is 0 Å². The van der Waals surface area contributed by atoms with Gasteiger partial charge in [0.05, 0.1) is 5.69 Å². The number of aromatic hydroxyl groups is 1. The van der Waals surface area contributed by atoms with Crippen molar-refractivity contribution in [2.75, 3.05) is 4.72 Å². The summed E-state index contributed by atoms with van der Waals surface area (Å²) in [7, 11) is -4.52. The molecular weight excluding hydrogens is 322 g/mol. The van der Waals surface area contributed by atoms with Gasteiger partial charge in [0.25, 0.3) is 0 Å². The summed E-state index contributed by atoms with van der Waals surface area (Å²) in [6, 6.07) is 12.3. The molecule has 1 heterocycles. The van der Waals surface area contributed by atoms with Crippen molar-refractivity contribution < 1.29 is 22.5 Å². The highest BCUT2D eigenvalue weighted by Gasteiger charge is 2.14. The molecule has 0 spiro atoms. The van der Waals surface area contributed by atoms with Crippen molar-refractivity contribution in [2.24, 2.45) is 0 Å². The molecule has 0 aliphatic rings. The Morgan fingerprint density at radius 3 is 2.39 bits per heavy atom. The number of fused-ring (bicyclic) bond motifs is 1. The van der Waals surface area contributed by atoms with Crippen LogP contribution in [0.5, 0.6) is 5.75 Å². The van der Waals surface area contributed by atoms with Gasteiger partial charge in [0.15, 0.2) is 5.43 Å². The third kappa shape index (κ3) is 3.17. The largest absolute Gasteiger partial charge is 0.507 e. The van der Waals surface area contributed by atoms with Crippen molar-refractivity contribution in [1.29, 1.82) is 0 Å². The predicted octanol–water partition coefficient (Wildman–Crippen LogP) is 2.38. The first-order valence-electron chi connectivity index (χ1n) is 6.45. The zero-order valence-electron chi connectivity index (χ0n) is 11.6. The van der Waals surface area contributed by atoms with E-state index in [0.717, 1.165) is 6.07 Å². The Kier molecular flexibility index (Phi) is 3.55. The van der Waals surface area contributed by atoms with Gasteiger partial charge in [0, 0.05) is 23.8 Å². The molecule has 0 amide bonds. The van der Waals surface area contributed by atoms with Crippen molar-refractivity contribution in [2.45, 2.75) is 0 Å². The molecule has 3 aromatic rings. The number of phenols is 1. The predicted molar refractivity (Wildman–Crippen MR) is 84.8 cm³/mol. The van der Waals surface area contributed by atoms with Crippen LogP contribution in [-0.4, -0.2) is 18.1 Å². The standard InChI is InChI=1S/C15H11NO6S/c17-11-6-10(16-23(19,20)21)7-14-15(11)12(18)8-13(22-14)9-4-2-1-3-5-9/h1-8,16-17H,(H,19,20,21). The highest BCUT2D eigenvalue weighted by molar-refractivity contribution is 7.87. The van der Waals surface area contributed by atoms with E-state index in [9.17, 15) is 18.3 Å². The van der Waals surface area contributed by atoms with E-state index < -0.39 is 21.5 Å². The van der Waals surface area contributed by atoms with Crippen molar-refractivity contribution in [1.82, 2.24) is 0 Å². The van der Waals surface area contributed by atoms with E-state index in [0.29, 0.717) is 5.56 Å². The normalized spacial score (nSPS) is 11.5. The Hall–Kier alpha value is -2.84. The van der Waals surface area contributed by atoms with Gasteiger partial charge in [0.2, 0.25) is 0 Å². The SMILES string of the molecule is O=c1cc(-c2ccccc2)oc2cc(NS(=O)(=O)O)cc(O)c12. The van der Waals surface area contributed by atoms with Crippen molar-refractivity contribution in [3.05, 3.63) is 58.8 Å². The highest BCUT2D eigenvalue weighted by atomic mass is 32.2. The number of nitrogens with one attached hydrogen (secondary N) is 1. The van der Waals surface area contributed by atoms with Crippen molar-refractivity contribution >= 4 is 27.0 Å². The zero-order valence-corrected chi connectivity index (χ0v) is 12.4. The lowest BCUT2D eigenvalue weighted by molar-refractivity contribution is 0.480. The van der Waals surface area contributed by atoms with Gasteiger partial charge in [0.1, 0.15) is 22.5 Å². The van der Waals surface area contributed by atoms with E-state index in [1.807, 2.05) is 6.07 Å². The molecule has 0 aliphatic heterocycles. The summed E-state index contributed by atoms with van der Waals surface area (Å²) in [5.74, 6) is -0.187. The molecule has 0 radical (unpaired) electrons. The third-order valence-corrected chi connectivity index (χ3v) is 3.61. The van der Waals surface area contributed by atoms with Crippen molar-refractivity contribution in [3.63, 3.8) is 0 Å². The van der Waals surface area contributed by atoms with Crippen LogP contribution in [0.25, 0.3) is 22.3 Å². The summed E-state index contributed by atoms with van der Waals surface area (Å²) in [5.41, 5.74) is 0.0357. The van der Waals surface area contributed by atoms with E-state index in [-0.39, 0.29) is 22.4 Å². The van der Waals surface area contributed by atoms with Crippen LogP contribution in [0.3, 0.4) is 0 Å². The Morgan fingerprint density at radius 1 is 1.04 bits per heavy atom.